The van der Waals surface area contributed by atoms with Gasteiger partial charge in [-0.15, -0.1) is 0 Å². The van der Waals surface area contributed by atoms with Gasteiger partial charge in [0.2, 0.25) is 0 Å². The number of halogens is 1. The maximum absolute atomic E-state index is 14.0. The fourth-order valence-corrected chi connectivity index (χ4v) is 2.88. The summed E-state index contributed by atoms with van der Waals surface area (Å²) in [5.41, 5.74) is 9.23. The van der Waals surface area contributed by atoms with Gasteiger partial charge >= 0.3 is 0 Å². The summed E-state index contributed by atoms with van der Waals surface area (Å²) in [6.45, 7) is 2.56. The fourth-order valence-electron chi connectivity index (χ4n) is 2.88. The topological polar surface area (TPSA) is 82.5 Å². The van der Waals surface area contributed by atoms with E-state index in [9.17, 15) is 4.39 Å². The molecule has 0 atom stereocenters. The highest BCUT2D eigenvalue weighted by Gasteiger charge is 2.17. The number of fused-ring (bicyclic) bond motifs is 1. The van der Waals surface area contributed by atoms with Gasteiger partial charge < -0.3 is 5.73 Å². The second-order valence-electron chi connectivity index (χ2n) is 5.98. The minimum Gasteiger partial charge on any atom is -0.326 e. The van der Waals surface area contributed by atoms with Gasteiger partial charge in [-0.3, -0.25) is 0 Å². The van der Waals surface area contributed by atoms with Crippen LogP contribution in [-0.2, 0) is 13.1 Å². The molecule has 0 amide bonds. The van der Waals surface area contributed by atoms with E-state index in [4.69, 9.17) is 5.73 Å². The summed E-state index contributed by atoms with van der Waals surface area (Å²) in [5, 5.41) is 5.45. The average molecular weight is 348 g/mol. The van der Waals surface area contributed by atoms with Gasteiger partial charge in [0.1, 0.15) is 11.5 Å². The molecule has 4 rings (SSSR count). The van der Waals surface area contributed by atoms with Crippen molar-refractivity contribution in [2.24, 2.45) is 5.73 Å². The third-order valence-electron chi connectivity index (χ3n) is 4.30. The number of hydrogen-bond donors (Lipinski definition) is 1. The van der Waals surface area contributed by atoms with Crippen molar-refractivity contribution < 1.29 is 4.39 Å². The van der Waals surface area contributed by atoms with Crippen molar-refractivity contribution in [3.05, 3.63) is 71.4 Å². The van der Waals surface area contributed by atoms with Crippen LogP contribution in [0.2, 0.25) is 0 Å². The molecule has 0 bridgehead atoms. The Morgan fingerprint density at radius 3 is 2.69 bits per heavy atom. The molecule has 3 heterocycles. The lowest BCUT2D eigenvalue weighted by Gasteiger charge is -2.04. The standard InChI is InChI=1S/C19H17FN6/c1-12-14(9-21)10-23-18(24-12)17-15-6-4-8-22-19(15)26(25-17)11-13-5-2-3-7-16(13)20/h2-8,10H,9,11,21H2,1H3. The molecular formula is C19H17FN6. The molecule has 0 aliphatic carbocycles. The number of benzene rings is 1. The van der Waals surface area contributed by atoms with Crippen molar-refractivity contribution >= 4 is 11.0 Å². The van der Waals surface area contributed by atoms with Crippen molar-refractivity contribution in [1.29, 1.82) is 0 Å². The molecule has 3 aromatic heterocycles. The summed E-state index contributed by atoms with van der Waals surface area (Å²) < 4.78 is 15.7. The van der Waals surface area contributed by atoms with Crippen molar-refractivity contribution in [1.82, 2.24) is 24.7 Å². The molecule has 1 aromatic carbocycles. The Kier molecular flexibility index (Phi) is 4.14. The smallest absolute Gasteiger partial charge is 0.180 e. The third-order valence-corrected chi connectivity index (χ3v) is 4.30. The van der Waals surface area contributed by atoms with Gasteiger partial charge in [0.25, 0.3) is 0 Å². The van der Waals surface area contributed by atoms with E-state index in [0.29, 0.717) is 29.3 Å². The van der Waals surface area contributed by atoms with Crippen LogP contribution in [0.15, 0.2) is 48.8 Å². The Bertz CT molecular complexity index is 1090. The van der Waals surface area contributed by atoms with Crippen molar-refractivity contribution in [2.45, 2.75) is 20.0 Å². The molecule has 6 nitrogen and oxygen atoms in total. The lowest BCUT2D eigenvalue weighted by Crippen LogP contribution is -2.05. The molecule has 0 aliphatic rings. The Labute approximate surface area is 149 Å². The first-order valence-electron chi connectivity index (χ1n) is 8.25. The van der Waals surface area contributed by atoms with E-state index >= 15 is 0 Å². The molecule has 7 heteroatoms. The quantitative estimate of drug-likeness (QED) is 0.613. The molecule has 2 N–H and O–H groups in total. The predicted molar refractivity (Wildman–Crippen MR) is 96.7 cm³/mol. The van der Waals surface area contributed by atoms with E-state index < -0.39 is 0 Å². The Balaban J connectivity index is 1.84. The largest absolute Gasteiger partial charge is 0.326 e. The zero-order valence-corrected chi connectivity index (χ0v) is 14.2. The van der Waals surface area contributed by atoms with Crippen LogP contribution >= 0.6 is 0 Å². The summed E-state index contributed by atoms with van der Waals surface area (Å²) in [4.78, 5) is 13.3. The van der Waals surface area contributed by atoms with Crippen molar-refractivity contribution in [2.75, 3.05) is 0 Å². The zero-order chi connectivity index (χ0) is 18.1. The molecule has 0 saturated carbocycles. The maximum Gasteiger partial charge on any atom is 0.180 e. The Hall–Kier alpha value is -3.19. The summed E-state index contributed by atoms with van der Waals surface area (Å²) in [5.74, 6) is 0.234. The fraction of sp³-hybridized carbons (Fsp3) is 0.158. The van der Waals surface area contributed by atoms with Crippen molar-refractivity contribution in [3.63, 3.8) is 0 Å². The molecule has 130 valence electrons. The highest BCUT2D eigenvalue weighted by molar-refractivity contribution is 5.89. The molecule has 26 heavy (non-hydrogen) atoms. The number of nitrogens with two attached hydrogens (primary N) is 1. The molecule has 0 aliphatic heterocycles. The summed E-state index contributed by atoms with van der Waals surface area (Å²) >= 11 is 0. The normalized spacial score (nSPS) is 11.2. The van der Waals surface area contributed by atoms with Crippen LogP contribution < -0.4 is 5.73 Å². The highest BCUT2D eigenvalue weighted by atomic mass is 19.1. The molecule has 4 aromatic rings. The molecule has 0 spiro atoms. The average Bonchev–Trinajstić information content (AvgIpc) is 3.02. The van der Waals surface area contributed by atoms with Crippen molar-refractivity contribution in [3.8, 4) is 11.5 Å². The Morgan fingerprint density at radius 1 is 1.08 bits per heavy atom. The van der Waals surface area contributed by atoms with Gasteiger partial charge in [0.05, 0.1) is 11.9 Å². The number of pyridine rings is 1. The molecule has 0 unspecified atom stereocenters. The van der Waals surface area contributed by atoms with E-state index in [0.717, 1.165) is 16.6 Å². The van der Waals surface area contributed by atoms with E-state index in [1.165, 1.54) is 6.07 Å². The predicted octanol–water partition coefficient (Wildman–Crippen LogP) is 2.84. The van der Waals surface area contributed by atoms with Gasteiger partial charge in [-0.1, -0.05) is 18.2 Å². The van der Waals surface area contributed by atoms with E-state index in [1.807, 2.05) is 19.1 Å². The van der Waals surface area contributed by atoms with Crippen LogP contribution in [0.25, 0.3) is 22.6 Å². The van der Waals surface area contributed by atoms with Crippen LogP contribution in [0.5, 0.6) is 0 Å². The number of hydrogen-bond acceptors (Lipinski definition) is 5. The monoisotopic (exact) mass is 348 g/mol. The van der Waals surface area contributed by atoms with E-state index in [2.05, 4.69) is 20.1 Å². The van der Waals surface area contributed by atoms with Gasteiger partial charge in [-0.25, -0.2) is 24.0 Å². The number of nitrogens with zero attached hydrogens (tertiary/aromatic N) is 5. The number of rotatable bonds is 4. The van der Waals surface area contributed by atoms with Crippen LogP contribution in [0.4, 0.5) is 4.39 Å². The molecule has 0 radical (unpaired) electrons. The van der Waals surface area contributed by atoms with Gasteiger partial charge in [-0.05, 0) is 25.1 Å². The SMILES string of the molecule is Cc1nc(-c2nn(Cc3ccccc3F)c3ncccc23)ncc1CN. The summed E-state index contributed by atoms with van der Waals surface area (Å²) in [6, 6.07) is 10.4. The van der Waals surface area contributed by atoms with Crippen LogP contribution in [0.1, 0.15) is 16.8 Å². The number of aromatic nitrogens is 5. The first-order chi connectivity index (χ1) is 12.7. The summed E-state index contributed by atoms with van der Waals surface area (Å²) in [6.07, 6.45) is 3.41. The molecule has 0 saturated heterocycles. The maximum atomic E-state index is 14.0. The Morgan fingerprint density at radius 2 is 1.92 bits per heavy atom. The zero-order valence-electron chi connectivity index (χ0n) is 14.2. The minimum absolute atomic E-state index is 0.270. The van der Waals surface area contributed by atoms with E-state index in [-0.39, 0.29) is 12.4 Å². The summed E-state index contributed by atoms with van der Waals surface area (Å²) in [7, 11) is 0. The van der Waals surface area contributed by atoms with Gasteiger partial charge in [0, 0.05) is 35.8 Å². The number of aryl methyl sites for hydroxylation is 1. The lowest BCUT2D eigenvalue weighted by molar-refractivity contribution is 0.589. The third kappa shape index (κ3) is 2.82. The molecule has 0 fully saturated rings. The van der Waals surface area contributed by atoms with Gasteiger partial charge in [0.15, 0.2) is 11.5 Å². The van der Waals surface area contributed by atoms with Crippen LogP contribution in [-0.4, -0.2) is 24.7 Å². The van der Waals surface area contributed by atoms with E-state index in [1.54, 1.807) is 35.3 Å². The highest BCUT2D eigenvalue weighted by Crippen LogP contribution is 2.25. The van der Waals surface area contributed by atoms with Crippen LogP contribution in [0.3, 0.4) is 0 Å². The second kappa shape index (κ2) is 6.61. The molecular weight excluding hydrogens is 331 g/mol. The van der Waals surface area contributed by atoms with Gasteiger partial charge in [-0.2, -0.15) is 5.10 Å². The first kappa shape index (κ1) is 16.3. The minimum atomic E-state index is -0.270. The second-order valence-corrected chi connectivity index (χ2v) is 5.98. The lowest BCUT2D eigenvalue weighted by atomic mass is 10.2. The van der Waals surface area contributed by atoms with Crippen LogP contribution in [0, 0.1) is 12.7 Å². The first-order valence-corrected chi connectivity index (χ1v) is 8.25.